The minimum absolute atomic E-state index is 0.625. The van der Waals surface area contributed by atoms with Crippen molar-refractivity contribution in [1.82, 2.24) is 15.0 Å². The summed E-state index contributed by atoms with van der Waals surface area (Å²) >= 11 is 1.79. The van der Waals surface area contributed by atoms with Crippen molar-refractivity contribution < 1.29 is 0 Å². The molecule has 3 aromatic heterocycles. The zero-order valence-corrected chi connectivity index (χ0v) is 13.7. The van der Waals surface area contributed by atoms with Gasteiger partial charge >= 0.3 is 0 Å². The molecule has 3 aromatic rings. The molecule has 0 saturated carbocycles. The minimum Gasteiger partial charge on any atom is -0.308 e. The van der Waals surface area contributed by atoms with Crippen molar-refractivity contribution in [2.45, 2.75) is 38.5 Å². The lowest BCUT2D eigenvalue weighted by Gasteiger charge is -2.11. The molecule has 0 unspecified atom stereocenters. The Morgan fingerprint density at radius 1 is 1.04 bits per heavy atom. The van der Waals surface area contributed by atoms with E-state index in [0.29, 0.717) is 11.6 Å². The SMILES string of the molecule is NNc1nc(-c2ccccn2)nc2sc3c(c12)CCCCCC3. The Bertz CT molecular complexity index is 828. The second kappa shape index (κ2) is 6.22. The highest BCUT2D eigenvalue weighted by Crippen LogP contribution is 2.38. The monoisotopic (exact) mass is 325 g/mol. The predicted octanol–water partition coefficient (Wildman–Crippen LogP) is 3.70. The third-order valence-electron chi connectivity index (χ3n) is 4.35. The Labute approximate surface area is 139 Å². The third kappa shape index (κ3) is 2.68. The molecule has 23 heavy (non-hydrogen) atoms. The van der Waals surface area contributed by atoms with Crippen LogP contribution in [0.15, 0.2) is 24.4 Å². The average Bonchev–Trinajstić information content (AvgIpc) is 2.91. The molecular weight excluding hydrogens is 306 g/mol. The summed E-state index contributed by atoms with van der Waals surface area (Å²) in [6.07, 6.45) is 9.09. The maximum Gasteiger partial charge on any atom is 0.181 e. The fourth-order valence-corrected chi connectivity index (χ4v) is 4.49. The zero-order chi connectivity index (χ0) is 15.6. The summed E-state index contributed by atoms with van der Waals surface area (Å²) in [4.78, 5) is 16.2. The predicted molar refractivity (Wildman–Crippen MR) is 94.3 cm³/mol. The van der Waals surface area contributed by atoms with Crippen LogP contribution in [0, 0.1) is 0 Å². The number of pyridine rings is 1. The standard InChI is InChI=1S/C17H19N5S/c18-22-16-14-11-7-3-1-2-4-9-13(11)23-17(14)21-15(20-16)12-8-5-6-10-19-12/h5-6,8,10H,1-4,7,9,18H2,(H,20,21,22). The Morgan fingerprint density at radius 3 is 2.70 bits per heavy atom. The number of nitrogens with two attached hydrogens (primary N) is 1. The molecule has 0 aromatic carbocycles. The van der Waals surface area contributed by atoms with Crippen molar-refractivity contribution >= 4 is 27.4 Å². The number of anilines is 1. The first-order valence-electron chi connectivity index (χ1n) is 8.07. The lowest BCUT2D eigenvalue weighted by molar-refractivity contribution is 0.624. The number of rotatable bonds is 2. The van der Waals surface area contributed by atoms with Gasteiger partial charge in [0.15, 0.2) is 11.6 Å². The Morgan fingerprint density at radius 2 is 1.91 bits per heavy atom. The normalized spacial score (nSPS) is 15.0. The molecule has 118 valence electrons. The molecule has 1 aliphatic rings. The van der Waals surface area contributed by atoms with Crippen LogP contribution in [0.5, 0.6) is 0 Å². The fraction of sp³-hybridized carbons (Fsp3) is 0.353. The number of hydrazine groups is 1. The van der Waals surface area contributed by atoms with Gasteiger partial charge in [-0.2, -0.15) is 0 Å². The smallest absolute Gasteiger partial charge is 0.181 e. The number of aryl methyl sites for hydroxylation is 2. The molecule has 0 amide bonds. The number of hydrogen-bond acceptors (Lipinski definition) is 6. The summed E-state index contributed by atoms with van der Waals surface area (Å²) in [6, 6.07) is 5.76. The van der Waals surface area contributed by atoms with Crippen LogP contribution in [-0.2, 0) is 12.8 Å². The van der Waals surface area contributed by atoms with Crippen LogP contribution in [0.25, 0.3) is 21.7 Å². The van der Waals surface area contributed by atoms with Crippen LogP contribution in [0.3, 0.4) is 0 Å². The molecule has 3 N–H and O–H groups in total. The molecular formula is C17H19N5S. The molecule has 0 fully saturated rings. The number of nitrogens with one attached hydrogen (secondary N) is 1. The topological polar surface area (TPSA) is 76.7 Å². The van der Waals surface area contributed by atoms with Gasteiger partial charge in [0.2, 0.25) is 0 Å². The van der Waals surface area contributed by atoms with Crippen molar-refractivity contribution in [2.75, 3.05) is 5.43 Å². The van der Waals surface area contributed by atoms with E-state index >= 15 is 0 Å². The highest BCUT2D eigenvalue weighted by molar-refractivity contribution is 7.19. The van der Waals surface area contributed by atoms with Crippen LogP contribution >= 0.6 is 11.3 Å². The molecule has 0 aliphatic heterocycles. The highest BCUT2D eigenvalue weighted by Gasteiger charge is 2.20. The van der Waals surface area contributed by atoms with Crippen molar-refractivity contribution in [3.63, 3.8) is 0 Å². The van der Waals surface area contributed by atoms with Gasteiger partial charge in [-0.1, -0.05) is 18.9 Å². The van der Waals surface area contributed by atoms with Crippen molar-refractivity contribution in [1.29, 1.82) is 0 Å². The third-order valence-corrected chi connectivity index (χ3v) is 5.53. The van der Waals surface area contributed by atoms with Crippen LogP contribution in [0.4, 0.5) is 5.82 Å². The maximum absolute atomic E-state index is 5.77. The number of nitrogen functional groups attached to an aromatic ring is 1. The number of aromatic nitrogens is 3. The summed E-state index contributed by atoms with van der Waals surface area (Å²) in [7, 11) is 0. The van der Waals surface area contributed by atoms with Gasteiger partial charge in [0.25, 0.3) is 0 Å². The molecule has 0 saturated heterocycles. The summed E-state index contributed by atoms with van der Waals surface area (Å²) in [5, 5.41) is 1.11. The molecule has 3 heterocycles. The largest absolute Gasteiger partial charge is 0.308 e. The number of nitrogens with zero attached hydrogens (tertiary/aromatic N) is 3. The summed E-state index contributed by atoms with van der Waals surface area (Å²) in [6.45, 7) is 0. The van der Waals surface area contributed by atoms with Gasteiger partial charge in [0, 0.05) is 11.1 Å². The van der Waals surface area contributed by atoms with Gasteiger partial charge in [-0.25, -0.2) is 15.8 Å². The molecule has 5 nitrogen and oxygen atoms in total. The highest BCUT2D eigenvalue weighted by atomic mass is 32.1. The van der Waals surface area contributed by atoms with Gasteiger partial charge in [-0.15, -0.1) is 11.3 Å². The van der Waals surface area contributed by atoms with Crippen molar-refractivity contribution in [2.24, 2.45) is 5.84 Å². The molecule has 6 heteroatoms. The fourth-order valence-electron chi connectivity index (χ4n) is 3.22. The van der Waals surface area contributed by atoms with E-state index in [4.69, 9.17) is 10.8 Å². The minimum atomic E-state index is 0.625. The van der Waals surface area contributed by atoms with E-state index in [2.05, 4.69) is 15.4 Å². The lowest BCUT2D eigenvalue weighted by Crippen LogP contribution is -2.11. The summed E-state index contributed by atoms with van der Waals surface area (Å²) < 4.78 is 0. The van der Waals surface area contributed by atoms with Gasteiger partial charge in [0.05, 0.1) is 5.39 Å². The Kier molecular flexibility index (Phi) is 3.93. The number of thiophene rings is 1. The van der Waals surface area contributed by atoms with Gasteiger partial charge in [0.1, 0.15) is 10.5 Å². The summed E-state index contributed by atoms with van der Waals surface area (Å²) in [5.41, 5.74) is 4.94. The first kappa shape index (κ1) is 14.5. The van der Waals surface area contributed by atoms with Gasteiger partial charge in [-0.05, 0) is 43.4 Å². The van der Waals surface area contributed by atoms with E-state index in [0.717, 1.165) is 28.8 Å². The molecule has 1 aliphatic carbocycles. The molecule has 0 bridgehead atoms. The van der Waals surface area contributed by atoms with E-state index in [1.54, 1.807) is 17.5 Å². The second-order valence-corrected chi connectivity index (χ2v) is 6.94. The maximum atomic E-state index is 5.77. The van der Waals surface area contributed by atoms with E-state index in [-0.39, 0.29) is 0 Å². The van der Waals surface area contributed by atoms with E-state index in [9.17, 15) is 0 Å². The first-order valence-corrected chi connectivity index (χ1v) is 8.89. The Balaban J connectivity index is 1.91. The first-order chi connectivity index (χ1) is 11.4. The van der Waals surface area contributed by atoms with Crippen LogP contribution < -0.4 is 11.3 Å². The van der Waals surface area contributed by atoms with E-state index in [1.165, 1.54) is 36.1 Å². The van der Waals surface area contributed by atoms with Crippen LogP contribution in [0.2, 0.25) is 0 Å². The van der Waals surface area contributed by atoms with E-state index in [1.807, 2.05) is 18.2 Å². The second-order valence-electron chi connectivity index (χ2n) is 5.85. The average molecular weight is 325 g/mol. The van der Waals surface area contributed by atoms with Gasteiger partial charge in [-0.3, -0.25) is 4.98 Å². The Hall–Kier alpha value is -2.05. The van der Waals surface area contributed by atoms with Gasteiger partial charge < -0.3 is 5.43 Å². The lowest BCUT2D eigenvalue weighted by atomic mass is 9.98. The van der Waals surface area contributed by atoms with Crippen LogP contribution in [0.1, 0.15) is 36.1 Å². The molecule has 0 spiro atoms. The number of fused-ring (bicyclic) bond motifs is 3. The molecule has 0 radical (unpaired) electrons. The summed E-state index contributed by atoms with van der Waals surface area (Å²) in [5.74, 6) is 7.11. The quantitative estimate of drug-likeness (QED) is 0.555. The van der Waals surface area contributed by atoms with Crippen LogP contribution in [-0.4, -0.2) is 15.0 Å². The van der Waals surface area contributed by atoms with E-state index < -0.39 is 0 Å². The zero-order valence-electron chi connectivity index (χ0n) is 12.9. The van der Waals surface area contributed by atoms with Crippen molar-refractivity contribution in [3.05, 3.63) is 34.8 Å². The van der Waals surface area contributed by atoms with Crippen molar-refractivity contribution in [3.8, 4) is 11.5 Å². The molecule has 4 rings (SSSR count). The molecule has 0 atom stereocenters. The number of hydrogen-bond donors (Lipinski definition) is 2.